The van der Waals surface area contributed by atoms with Crippen LogP contribution in [0.1, 0.15) is 5.56 Å². The molecule has 180 valence electrons. The number of hydrogen-bond donors (Lipinski definition) is 0. The van der Waals surface area contributed by atoms with Crippen LogP contribution in [0.4, 0.5) is 5.69 Å². The SMILES string of the molecule is O=S1CCN(c2ccc(OCC3COC(Cn4ccnc4)(c4ccc(Cl)cc4Cl)O3)cc2)CC1. The van der Waals surface area contributed by atoms with Crippen LogP contribution in [0, 0.1) is 0 Å². The fourth-order valence-electron chi connectivity index (χ4n) is 4.21. The number of nitrogens with zero attached hydrogens (tertiary/aromatic N) is 3. The molecule has 2 aliphatic rings. The van der Waals surface area contributed by atoms with Gasteiger partial charge in [0.25, 0.3) is 0 Å². The van der Waals surface area contributed by atoms with Crippen LogP contribution in [0.2, 0.25) is 10.0 Å². The largest absolute Gasteiger partial charge is 0.491 e. The van der Waals surface area contributed by atoms with Gasteiger partial charge in [0.2, 0.25) is 5.79 Å². The second kappa shape index (κ2) is 10.3. The van der Waals surface area contributed by atoms with Crippen molar-refractivity contribution in [3.05, 3.63) is 76.8 Å². The summed E-state index contributed by atoms with van der Waals surface area (Å²) >= 11 is 12.6. The van der Waals surface area contributed by atoms with Crippen LogP contribution in [-0.4, -0.2) is 57.7 Å². The first-order valence-electron chi connectivity index (χ1n) is 11.1. The molecule has 5 rings (SSSR count). The van der Waals surface area contributed by atoms with Gasteiger partial charge in [-0.1, -0.05) is 29.3 Å². The zero-order valence-electron chi connectivity index (χ0n) is 18.4. The highest BCUT2D eigenvalue weighted by atomic mass is 35.5. The second-order valence-electron chi connectivity index (χ2n) is 8.30. The molecule has 0 aliphatic carbocycles. The highest BCUT2D eigenvalue weighted by Gasteiger charge is 2.45. The van der Waals surface area contributed by atoms with Gasteiger partial charge in [-0.25, -0.2) is 4.98 Å². The summed E-state index contributed by atoms with van der Waals surface area (Å²) in [5.41, 5.74) is 1.82. The highest BCUT2D eigenvalue weighted by Crippen LogP contribution is 2.40. The molecule has 2 fully saturated rings. The van der Waals surface area contributed by atoms with Crippen molar-refractivity contribution in [2.75, 3.05) is 42.7 Å². The Morgan fingerprint density at radius 1 is 1.15 bits per heavy atom. The van der Waals surface area contributed by atoms with Crippen LogP contribution in [0.3, 0.4) is 0 Å². The van der Waals surface area contributed by atoms with Crippen molar-refractivity contribution < 1.29 is 18.4 Å². The molecule has 0 radical (unpaired) electrons. The zero-order valence-corrected chi connectivity index (χ0v) is 20.8. The predicted molar refractivity (Wildman–Crippen MR) is 133 cm³/mol. The van der Waals surface area contributed by atoms with E-state index in [9.17, 15) is 4.21 Å². The van der Waals surface area contributed by atoms with E-state index in [-0.39, 0.29) is 6.10 Å². The van der Waals surface area contributed by atoms with Gasteiger partial charge in [-0.2, -0.15) is 0 Å². The second-order valence-corrected chi connectivity index (χ2v) is 10.8. The maximum Gasteiger partial charge on any atom is 0.215 e. The molecular formula is C24H25Cl2N3O4S. The first-order chi connectivity index (χ1) is 16.5. The first-order valence-corrected chi connectivity index (χ1v) is 13.3. The molecule has 2 atom stereocenters. The number of aromatic nitrogens is 2. The van der Waals surface area contributed by atoms with Crippen LogP contribution < -0.4 is 9.64 Å². The number of benzene rings is 2. The number of rotatable bonds is 7. The van der Waals surface area contributed by atoms with E-state index in [0.717, 1.165) is 36.0 Å². The van der Waals surface area contributed by atoms with E-state index in [0.29, 0.717) is 35.4 Å². The van der Waals surface area contributed by atoms with Gasteiger partial charge in [-0.3, -0.25) is 4.21 Å². The highest BCUT2D eigenvalue weighted by molar-refractivity contribution is 7.85. The minimum atomic E-state index is -1.07. The molecule has 34 heavy (non-hydrogen) atoms. The van der Waals surface area contributed by atoms with Crippen LogP contribution >= 0.6 is 23.2 Å². The summed E-state index contributed by atoms with van der Waals surface area (Å²) < 4.78 is 32.1. The van der Waals surface area contributed by atoms with Gasteiger partial charge in [0.05, 0.1) is 24.5 Å². The van der Waals surface area contributed by atoms with E-state index < -0.39 is 16.6 Å². The van der Waals surface area contributed by atoms with E-state index in [1.807, 2.05) is 41.1 Å². The van der Waals surface area contributed by atoms with Crippen LogP contribution in [0.25, 0.3) is 0 Å². The zero-order chi connectivity index (χ0) is 23.5. The fourth-order valence-corrected chi connectivity index (χ4v) is 5.82. The fraction of sp³-hybridized carbons (Fsp3) is 0.375. The Kier molecular flexibility index (Phi) is 7.13. The Morgan fingerprint density at radius 2 is 1.94 bits per heavy atom. The van der Waals surface area contributed by atoms with Gasteiger partial charge in [0.1, 0.15) is 18.5 Å². The van der Waals surface area contributed by atoms with Gasteiger partial charge >= 0.3 is 0 Å². The molecule has 0 spiro atoms. The summed E-state index contributed by atoms with van der Waals surface area (Å²) in [5.74, 6) is 1.12. The third kappa shape index (κ3) is 5.26. The summed E-state index contributed by atoms with van der Waals surface area (Å²) in [5, 5.41) is 1.02. The Labute approximate surface area is 211 Å². The van der Waals surface area contributed by atoms with Gasteiger partial charge < -0.3 is 23.7 Å². The molecule has 2 unspecified atom stereocenters. The van der Waals surface area contributed by atoms with E-state index in [1.54, 1.807) is 24.7 Å². The van der Waals surface area contributed by atoms with Gasteiger partial charge in [-0.15, -0.1) is 0 Å². The van der Waals surface area contributed by atoms with E-state index in [2.05, 4.69) is 9.88 Å². The lowest BCUT2D eigenvalue weighted by Crippen LogP contribution is -2.37. The summed E-state index contributed by atoms with van der Waals surface area (Å²) in [7, 11) is -0.690. The van der Waals surface area contributed by atoms with Crippen LogP contribution in [-0.2, 0) is 32.6 Å². The Bertz CT molecular complexity index is 1140. The summed E-state index contributed by atoms with van der Waals surface area (Å²) in [4.78, 5) is 6.37. The van der Waals surface area contributed by atoms with Crippen molar-refractivity contribution in [2.45, 2.75) is 18.4 Å². The van der Waals surface area contributed by atoms with Crippen molar-refractivity contribution in [1.29, 1.82) is 0 Å². The molecule has 2 aliphatic heterocycles. The number of imidazole rings is 1. The maximum atomic E-state index is 11.6. The summed E-state index contributed by atoms with van der Waals surface area (Å²) in [6.07, 6.45) is 4.99. The monoisotopic (exact) mass is 521 g/mol. The molecule has 2 aromatic carbocycles. The minimum absolute atomic E-state index is 0.285. The number of hydrogen-bond acceptors (Lipinski definition) is 6. The average molecular weight is 522 g/mol. The maximum absolute atomic E-state index is 11.6. The number of anilines is 1. The van der Waals surface area contributed by atoms with E-state index >= 15 is 0 Å². The smallest absolute Gasteiger partial charge is 0.215 e. The van der Waals surface area contributed by atoms with Crippen molar-refractivity contribution in [3.8, 4) is 5.75 Å². The molecule has 2 saturated heterocycles. The lowest BCUT2D eigenvalue weighted by Gasteiger charge is -2.30. The molecule has 3 aromatic rings. The van der Waals surface area contributed by atoms with Crippen LogP contribution in [0.5, 0.6) is 5.75 Å². The molecule has 0 bridgehead atoms. The molecule has 0 saturated carbocycles. The topological polar surface area (TPSA) is 65.8 Å². The lowest BCUT2D eigenvalue weighted by molar-refractivity contribution is -0.189. The van der Waals surface area contributed by atoms with E-state index in [1.165, 1.54) is 0 Å². The lowest BCUT2D eigenvalue weighted by atomic mass is 10.1. The van der Waals surface area contributed by atoms with Crippen molar-refractivity contribution in [2.24, 2.45) is 0 Å². The van der Waals surface area contributed by atoms with E-state index in [4.69, 9.17) is 37.4 Å². The van der Waals surface area contributed by atoms with Crippen molar-refractivity contribution in [1.82, 2.24) is 9.55 Å². The molecule has 10 heteroatoms. The molecule has 3 heterocycles. The van der Waals surface area contributed by atoms with Gasteiger partial charge in [0, 0.05) is 64.1 Å². The van der Waals surface area contributed by atoms with Crippen molar-refractivity contribution >= 4 is 39.7 Å². The molecule has 0 N–H and O–H groups in total. The third-order valence-electron chi connectivity index (χ3n) is 5.97. The number of halogens is 2. The quantitative estimate of drug-likeness (QED) is 0.466. The average Bonchev–Trinajstić information content (AvgIpc) is 3.49. The standard InChI is InChI=1S/C24H25Cl2N3O4S/c25-18-1-6-22(23(26)13-18)24(16-28-8-7-27-17-28)32-15-21(33-24)14-31-20-4-2-19(3-5-20)29-9-11-34(30)12-10-29/h1-8,13,17,21H,9-12,14-16H2. The Hall–Kier alpha value is -2.10. The molecule has 7 nitrogen and oxygen atoms in total. The normalized spacial score (nSPS) is 23.4. The van der Waals surface area contributed by atoms with Gasteiger partial charge in [0.15, 0.2) is 0 Å². The molecular weight excluding hydrogens is 497 g/mol. The first kappa shape index (κ1) is 23.6. The van der Waals surface area contributed by atoms with Gasteiger partial charge in [-0.05, 0) is 36.4 Å². The number of ether oxygens (including phenoxy) is 3. The summed E-state index contributed by atoms with van der Waals surface area (Å²) in [6.45, 7) is 2.70. The molecule has 1 aromatic heterocycles. The van der Waals surface area contributed by atoms with Crippen LogP contribution in [0.15, 0.2) is 61.2 Å². The molecule has 0 amide bonds. The third-order valence-corrected chi connectivity index (χ3v) is 7.79. The summed E-state index contributed by atoms with van der Waals surface area (Å²) in [6, 6.07) is 13.3. The Balaban J connectivity index is 1.25. The Morgan fingerprint density at radius 3 is 2.65 bits per heavy atom. The van der Waals surface area contributed by atoms with Crippen molar-refractivity contribution in [3.63, 3.8) is 0 Å². The minimum Gasteiger partial charge on any atom is -0.491 e. The predicted octanol–water partition coefficient (Wildman–Crippen LogP) is 4.11.